The van der Waals surface area contributed by atoms with Gasteiger partial charge in [0.25, 0.3) is 0 Å². The number of hydrogen-bond acceptors (Lipinski definition) is 3. The molecule has 0 spiro atoms. The van der Waals surface area contributed by atoms with Crippen molar-refractivity contribution < 1.29 is 4.74 Å². The number of hydrogen-bond donors (Lipinski definition) is 1. The Kier molecular flexibility index (Phi) is 4.70. The van der Waals surface area contributed by atoms with Crippen LogP contribution in [0.5, 0.6) is 5.75 Å². The number of aryl methyl sites for hydroxylation is 2. The lowest BCUT2D eigenvalue weighted by atomic mass is 10.0. The molecule has 1 atom stereocenters. The number of benzene rings is 1. The fourth-order valence-corrected chi connectivity index (χ4v) is 2.94. The smallest absolute Gasteiger partial charge is 0.145 e. The summed E-state index contributed by atoms with van der Waals surface area (Å²) in [6, 6.07) is 4.40. The van der Waals surface area contributed by atoms with Gasteiger partial charge in [0.15, 0.2) is 0 Å². The minimum absolute atomic E-state index is 0.833. The maximum Gasteiger partial charge on any atom is 0.145 e. The van der Waals surface area contributed by atoms with Gasteiger partial charge in [-0.3, -0.25) is 0 Å². The standard InChI is InChI=1S/C16H26N2O/c1-12-9-13(2)16(19-4)15(10-12)18(3)8-6-14-5-7-17-11-14/h9-10,14,17H,5-8,11H2,1-4H3. The van der Waals surface area contributed by atoms with E-state index in [1.807, 2.05) is 0 Å². The topological polar surface area (TPSA) is 24.5 Å². The lowest BCUT2D eigenvalue weighted by molar-refractivity contribution is 0.411. The van der Waals surface area contributed by atoms with Gasteiger partial charge in [-0.25, -0.2) is 0 Å². The highest BCUT2D eigenvalue weighted by atomic mass is 16.5. The summed E-state index contributed by atoms with van der Waals surface area (Å²) in [6.45, 7) is 7.71. The second-order valence-corrected chi connectivity index (χ2v) is 5.70. The summed E-state index contributed by atoms with van der Waals surface area (Å²) in [5.41, 5.74) is 3.72. The van der Waals surface area contributed by atoms with Crippen LogP contribution in [-0.4, -0.2) is 33.8 Å². The summed E-state index contributed by atoms with van der Waals surface area (Å²) >= 11 is 0. The van der Waals surface area contributed by atoms with Gasteiger partial charge in [-0.15, -0.1) is 0 Å². The predicted octanol–water partition coefficient (Wildman–Crippen LogP) is 2.75. The van der Waals surface area contributed by atoms with Crippen molar-refractivity contribution in [1.29, 1.82) is 0 Å². The van der Waals surface area contributed by atoms with E-state index in [9.17, 15) is 0 Å². The van der Waals surface area contributed by atoms with E-state index in [0.717, 1.165) is 18.2 Å². The maximum absolute atomic E-state index is 5.57. The summed E-state index contributed by atoms with van der Waals surface area (Å²) in [5.74, 6) is 1.84. The third-order valence-electron chi connectivity index (χ3n) is 4.05. The first-order chi connectivity index (χ1) is 9.11. The van der Waals surface area contributed by atoms with Gasteiger partial charge in [0.05, 0.1) is 12.8 Å². The zero-order valence-electron chi connectivity index (χ0n) is 12.6. The van der Waals surface area contributed by atoms with Gasteiger partial charge in [-0.05, 0) is 62.9 Å². The first kappa shape index (κ1) is 14.2. The Morgan fingerprint density at radius 2 is 2.16 bits per heavy atom. The van der Waals surface area contributed by atoms with E-state index in [2.05, 4.69) is 43.2 Å². The van der Waals surface area contributed by atoms with Crippen molar-refractivity contribution in [3.8, 4) is 5.75 Å². The van der Waals surface area contributed by atoms with Crippen molar-refractivity contribution >= 4 is 5.69 Å². The third-order valence-corrected chi connectivity index (χ3v) is 4.05. The van der Waals surface area contributed by atoms with Crippen molar-refractivity contribution in [2.24, 2.45) is 5.92 Å². The van der Waals surface area contributed by atoms with Gasteiger partial charge in [0.1, 0.15) is 5.75 Å². The lowest BCUT2D eigenvalue weighted by Gasteiger charge is -2.24. The molecule has 0 saturated carbocycles. The highest BCUT2D eigenvalue weighted by Crippen LogP contribution is 2.32. The highest BCUT2D eigenvalue weighted by Gasteiger charge is 2.17. The molecule has 0 bridgehead atoms. The number of nitrogens with one attached hydrogen (secondary N) is 1. The van der Waals surface area contributed by atoms with Crippen molar-refractivity contribution in [1.82, 2.24) is 5.32 Å². The average molecular weight is 262 g/mol. The van der Waals surface area contributed by atoms with E-state index in [1.54, 1.807) is 7.11 Å². The Morgan fingerprint density at radius 1 is 1.37 bits per heavy atom. The number of nitrogens with zero attached hydrogens (tertiary/aromatic N) is 1. The summed E-state index contributed by atoms with van der Waals surface area (Å²) in [4.78, 5) is 2.33. The van der Waals surface area contributed by atoms with Crippen LogP contribution in [0, 0.1) is 19.8 Å². The molecule has 1 aromatic rings. The summed E-state index contributed by atoms with van der Waals surface area (Å²) in [7, 11) is 3.93. The van der Waals surface area contributed by atoms with Gasteiger partial charge >= 0.3 is 0 Å². The van der Waals surface area contributed by atoms with Gasteiger partial charge in [-0.2, -0.15) is 0 Å². The SMILES string of the molecule is COc1c(C)cc(C)cc1N(C)CCC1CCNC1. The zero-order valence-corrected chi connectivity index (χ0v) is 12.6. The van der Waals surface area contributed by atoms with E-state index in [1.165, 1.54) is 42.7 Å². The summed E-state index contributed by atoms with van der Waals surface area (Å²) < 4.78 is 5.57. The molecule has 19 heavy (non-hydrogen) atoms. The normalized spacial score (nSPS) is 18.6. The Labute approximate surface area is 116 Å². The number of ether oxygens (including phenoxy) is 1. The van der Waals surface area contributed by atoms with Crippen molar-refractivity contribution in [3.63, 3.8) is 0 Å². The molecule has 0 aliphatic carbocycles. The maximum atomic E-state index is 5.57. The Bertz CT molecular complexity index is 425. The van der Waals surface area contributed by atoms with Gasteiger partial charge < -0.3 is 15.0 Å². The first-order valence-corrected chi connectivity index (χ1v) is 7.19. The Morgan fingerprint density at radius 3 is 2.79 bits per heavy atom. The van der Waals surface area contributed by atoms with Crippen molar-refractivity contribution in [3.05, 3.63) is 23.3 Å². The van der Waals surface area contributed by atoms with E-state index in [4.69, 9.17) is 4.74 Å². The van der Waals surface area contributed by atoms with E-state index >= 15 is 0 Å². The van der Waals surface area contributed by atoms with Crippen LogP contribution in [0.1, 0.15) is 24.0 Å². The van der Waals surface area contributed by atoms with Crippen LogP contribution < -0.4 is 15.0 Å². The quantitative estimate of drug-likeness (QED) is 0.883. The molecule has 1 heterocycles. The second kappa shape index (κ2) is 6.29. The Hall–Kier alpha value is -1.22. The van der Waals surface area contributed by atoms with Gasteiger partial charge in [0, 0.05) is 13.6 Å². The van der Waals surface area contributed by atoms with E-state index in [-0.39, 0.29) is 0 Å². The molecule has 1 N–H and O–H groups in total. The molecule has 2 rings (SSSR count). The Balaban J connectivity index is 2.06. The second-order valence-electron chi connectivity index (χ2n) is 5.70. The van der Waals surface area contributed by atoms with Crippen LogP contribution in [0.4, 0.5) is 5.69 Å². The minimum atomic E-state index is 0.833. The largest absolute Gasteiger partial charge is 0.494 e. The fourth-order valence-electron chi connectivity index (χ4n) is 2.94. The molecule has 1 aromatic carbocycles. The summed E-state index contributed by atoms with van der Waals surface area (Å²) in [5, 5.41) is 3.43. The number of rotatable bonds is 5. The molecule has 3 nitrogen and oxygen atoms in total. The van der Waals surface area contributed by atoms with Crippen LogP contribution >= 0.6 is 0 Å². The van der Waals surface area contributed by atoms with Crippen LogP contribution in [0.3, 0.4) is 0 Å². The zero-order chi connectivity index (χ0) is 13.8. The van der Waals surface area contributed by atoms with Crippen LogP contribution in [0.15, 0.2) is 12.1 Å². The van der Waals surface area contributed by atoms with E-state index < -0.39 is 0 Å². The molecule has 1 aliphatic rings. The molecule has 1 saturated heterocycles. The third kappa shape index (κ3) is 3.41. The average Bonchev–Trinajstić information content (AvgIpc) is 2.88. The molecule has 1 unspecified atom stereocenters. The van der Waals surface area contributed by atoms with Gasteiger partial charge in [0.2, 0.25) is 0 Å². The lowest BCUT2D eigenvalue weighted by Crippen LogP contribution is -2.22. The highest BCUT2D eigenvalue weighted by molar-refractivity contribution is 5.63. The first-order valence-electron chi connectivity index (χ1n) is 7.19. The minimum Gasteiger partial charge on any atom is -0.494 e. The van der Waals surface area contributed by atoms with Crippen molar-refractivity contribution in [2.75, 3.05) is 38.7 Å². The molecule has 0 radical (unpaired) electrons. The molecule has 1 aliphatic heterocycles. The van der Waals surface area contributed by atoms with Gasteiger partial charge in [-0.1, -0.05) is 6.07 Å². The predicted molar refractivity (Wildman–Crippen MR) is 81.3 cm³/mol. The molecule has 0 amide bonds. The van der Waals surface area contributed by atoms with Crippen molar-refractivity contribution in [2.45, 2.75) is 26.7 Å². The molecule has 0 aromatic heterocycles. The molecular formula is C16H26N2O. The van der Waals surface area contributed by atoms with Crippen LogP contribution in [0.25, 0.3) is 0 Å². The fraction of sp³-hybridized carbons (Fsp3) is 0.625. The number of anilines is 1. The van der Waals surface area contributed by atoms with E-state index in [0.29, 0.717) is 0 Å². The van der Waals surface area contributed by atoms with Crippen LogP contribution in [0.2, 0.25) is 0 Å². The monoisotopic (exact) mass is 262 g/mol. The molecular weight excluding hydrogens is 236 g/mol. The number of methoxy groups -OCH3 is 1. The molecule has 106 valence electrons. The summed E-state index contributed by atoms with van der Waals surface area (Å²) in [6.07, 6.45) is 2.57. The van der Waals surface area contributed by atoms with Crippen LogP contribution in [-0.2, 0) is 0 Å². The molecule has 1 fully saturated rings. The molecule has 3 heteroatoms.